The number of furan rings is 1. The fourth-order valence-electron chi connectivity index (χ4n) is 3.53. The normalized spacial score (nSPS) is 29.8. The summed E-state index contributed by atoms with van der Waals surface area (Å²) < 4.78 is 5.37. The Bertz CT molecular complexity index is 616. The second-order valence-corrected chi connectivity index (χ2v) is 5.75. The van der Waals surface area contributed by atoms with Crippen molar-refractivity contribution in [2.75, 3.05) is 0 Å². The molecular weight excluding hydrogens is 236 g/mol. The summed E-state index contributed by atoms with van der Waals surface area (Å²) in [6, 6.07) is 5.51. The van der Waals surface area contributed by atoms with Crippen LogP contribution in [-0.2, 0) is 0 Å². The molecule has 3 unspecified atom stereocenters. The number of fused-ring (bicyclic) bond motifs is 3. The van der Waals surface area contributed by atoms with E-state index in [0.717, 1.165) is 34.7 Å². The van der Waals surface area contributed by atoms with E-state index in [1.165, 1.54) is 25.7 Å². The van der Waals surface area contributed by atoms with E-state index in [-0.39, 0.29) is 0 Å². The summed E-state index contributed by atoms with van der Waals surface area (Å²) in [5.74, 6) is 0.829. The standard InChI is InChI=1S/C16H18N2O/c1(3-12-9-13-4-5-14(12)18-13)2-11-8-16-15(17-10-11)6-7-19-16/h1-2,6-8,10,12-14,18H,3-5,9H2. The SMILES string of the molecule is C(=Cc1cnc2ccoc2c1)CC1CC2CCC1N2. The van der Waals surface area contributed by atoms with Crippen LogP contribution in [0.5, 0.6) is 0 Å². The minimum atomic E-state index is 0.764. The number of nitrogens with zero attached hydrogens (tertiary/aromatic N) is 1. The van der Waals surface area contributed by atoms with Crippen LogP contribution in [-0.4, -0.2) is 17.1 Å². The van der Waals surface area contributed by atoms with Crippen molar-refractivity contribution in [3.63, 3.8) is 0 Å². The Morgan fingerprint density at radius 3 is 3.26 bits per heavy atom. The minimum absolute atomic E-state index is 0.764. The van der Waals surface area contributed by atoms with Gasteiger partial charge in [0.25, 0.3) is 0 Å². The van der Waals surface area contributed by atoms with Crippen molar-refractivity contribution in [2.24, 2.45) is 5.92 Å². The Labute approximate surface area is 112 Å². The Morgan fingerprint density at radius 1 is 1.42 bits per heavy atom. The van der Waals surface area contributed by atoms with E-state index in [9.17, 15) is 0 Å². The van der Waals surface area contributed by atoms with E-state index >= 15 is 0 Å². The van der Waals surface area contributed by atoms with Crippen LogP contribution in [0, 0.1) is 5.92 Å². The first-order chi connectivity index (χ1) is 9.38. The lowest BCUT2D eigenvalue weighted by Gasteiger charge is -2.17. The zero-order valence-electron chi connectivity index (χ0n) is 10.9. The summed E-state index contributed by atoms with van der Waals surface area (Å²) in [7, 11) is 0. The molecule has 0 aromatic carbocycles. The van der Waals surface area contributed by atoms with E-state index < -0.39 is 0 Å². The molecule has 3 heteroatoms. The maximum Gasteiger partial charge on any atom is 0.152 e. The smallest absolute Gasteiger partial charge is 0.152 e. The predicted molar refractivity (Wildman–Crippen MR) is 75.7 cm³/mol. The third-order valence-corrected chi connectivity index (χ3v) is 4.51. The molecule has 3 nitrogen and oxygen atoms in total. The highest BCUT2D eigenvalue weighted by molar-refractivity contribution is 5.74. The molecule has 4 heterocycles. The highest BCUT2D eigenvalue weighted by atomic mass is 16.3. The van der Waals surface area contributed by atoms with E-state index in [4.69, 9.17) is 4.42 Å². The van der Waals surface area contributed by atoms with E-state index in [2.05, 4.69) is 28.5 Å². The van der Waals surface area contributed by atoms with Crippen molar-refractivity contribution in [1.82, 2.24) is 10.3 Å². The van der Waals surface area contributed by atoms with Crippen LogP contribution in [0.4, 0.5) is 0 Å². The van der Waals surface area contributed by atoms with Crippen LogP contribution in [0.3, 0.4) is 0 Å². The lowest BCUT2D eigenvalue weighted by atomic mass is 9.87. The van der Waals surface area contributed by atoms with Crippen molar-refractivity contribution in [2.45, 2.75) is 37.8 Å². The molecule has 2 aromatic heterocycles. The number of nitrogens with one attached hydrogen (secondary N) is 1. The van der Waals surface area contributed by atoms with Gasteiger partial charge in [0.15, 0.2) is 5.58 Å². The molecule has 0 amide bonds. The molecule has 2 aliphatic heterocycles. The fourth-order valence-corrected chi connectivity index (χ4v) is 3.53. The van der Waals surface area contributed by atoms with Gasteiger partial charge in [0.05, 0.1) is 6.26 Å². The van der Waals surface area contributed by atoms with Crippen molar-refractivity contribution < 1.29 is 4.42 Å². The van der Waals surface area contributed by atoms with Gasteiger partial charge in [-0.3, -0.25) is 4.98 Å². The van der Waals surface area contributed by atoms with Crippen molar-refractivity contribution in [3.05, 3.63) is 36.2 Å². The second-order valence-electron chi connectivity index (χ2n) is 5.75. The molecule has 19 heavy (non-hydrogen) atoms. The van der Waals surface area contributed by atoms with Gasteiger partial charge in [0, 0.05) is 24.3 Å². The summed E-state index contributed by atoms with van der Waals surface area (Å²) in [6.07, 6.45) is 13.3. The summed E-state index contributed by atoms with van der Waals surface area (Å²) in [5.41, 5.74) is 2.91. The number of aromatic nitrogens is 1. The maximum atomic E-state index is 5.37. The average molecular weight is 254 g/mol. The van der Waals surface area contributed by atoms with Gasteiger partial charge in [0.2, 0.25) is 0 Å². The van der Waals surface area contributed by atoms with Crippen molar-refractivity contribution in [3.8, 4) is 0 Å². The van der Waals surface area contributed by atoms with Crippen LogP contribution in [0.15, 0.2) is 35.1 Å². The lowest BCUT2D eigenvalue weighted by molar-refractivity contribution is 0.411. The quantitative estimate of drug-likeness (QED) is 0.912. The molecule has 2 aliphatic rings. The molecule has 0 aliphatic carbocycles. The van der Waals surface area contributed by atoms with Gasteiger partial charge in [-0.05, 0) is 43.2 Å². The third kappa shape index (κ3) is 2.08. The summed E-state index contributed by atoms with van der Waals surface area (Å²) >= 11 is 0. The van der Waals surface area contributed by atoms with Gasteiger partial charge in [-0.1, -0.05) is 12.2 Å². The van der Waals surface area contributed by atoms with Gasteiger partial charge in [-0.15, -0.1) is 0 Å². The van der Waals surface area contributed by atoms with E-state index in [1.54, 1.807) is 6.26 Å². The topological polar surface area (TPSA) is 38.1 Å². The summed E-state index contributed by atoms with van der Waals surface area (Å²) in [5, 5.41) is 3.69. The van der Waals surface area contributed by atoms with Crippen LogP contribution in [0.2, 0.25) is 0 Å². The zero-order valence-corrected chi connectivity index (χ0v) is 10.9. The lowest BCUT2D eigenvalue weighted by Crippen LogP contribution is -2.22. The first-order valence-corrected chi connectivity index (χ1v) is 7.14. The Kier molecular flexibility index (Phi) is 2.66. The fraction of sp³-hybridized carbons (Fsp3) is 0.438. The second kappa shape index (κ2) is 4.49. The Hall–Kier alpha value is -1.61. The van der Waals surface area contributed by atoms with Crippen LogP contribution >= 0.6 is 0 Å². The Morgan fingerprint density at radius 2 is 2.42 bits per heavy atom. The first kappa shape index (κ1) is 11.2. The van der Waals surface area contributed by atoms with Crippen LogP contribution in [0.25, 0.3) is 17.2 Å². The largest absolute Gasteiger partial charge is 0.463 e. The Balaban J connectivity index is 1.44. The van der Waals surface area contributed by atoms with Gasteiger partial charge < -0.3 is 9.73 Å². The molecule has 2 bridgehead atoms. The third-order valence-electron chi connectivity index (χ3n) is 4.51. The first-order valence-electron chi connectivity index (χ1n) is 7.14. The van der Waals surface area contributed by atoms with Gasteiger partial charge in [-0.25, -0.2) is 0 Å². The molecule has 3 atom stereocenters. The average Bonchev–Trinajstić information content (AvgIpc) is 3.14. The number of pyridine rings is 1. The number of allylic oxidation sites excluding steroid dienone is 1. The van der Waals surface area contributed by atoms with Gasteiger partial charge in [0.1, 0.15) is 5.52 Å². The van der Waals surface area contributed by atoms with E-state index in [1.807, 2.05) is 12.3 Å². The molecule has 2 saturated heterocycles. The van der Waals surface area contributed by atoms with Gasteiger partial charge in [-0.2, -0.15) is 0 Å². The molecule has 1 N–H and O–H groups in total. The number of hydrogen-bond acceptors (Lipinski definition) is 3. The minimum Gasteiger partial charge on any atom is -0.463 e. The van der Waals surface area contributed by atoms with Crippen LogP contribution < -0.4 is 5.32 Å². The van der Waals surface area contributed by atoms with Crippen molar-refractivity contribution in [1.29, 1.82) is 0 Å². The number of hydrogen-bond donors (Lipinski definition) is 1. The molecule has 2 aromatic rings. The van der Waals surface area contributed by atoms with Crippen molar-refractivity contribution >= 4 is 17.2 Å². The molecule has 4 rings (SSSR count). The molecule has 2 fully saturated rings. The molecular formula is C16H18N2O. The molecule has 0 spiro atoms. The molecule has 98 valence electrons. The molecule has 0 saturated carbocycles. The van der Waals surface area contributed by atoms with Crippen LogP contribution in [0.1, 0.15) is 31.2 Å². The monoisotopic (exact) mass is 254 g/mol. The molecule has 0 radical (unpaired) electrons. The van der Waals surface area contributed by atoms with E-state index in [0.29, 0.717) is 0 Å². The highest BCUT2D eigenvalue weighted by Gasteiger charge is 2.37. The van der Waals surface area contributed by atoms with Gasteiger partial charge >= 0.3 is 0 Å². The predicted octanol–water partition coefficient (Wildman–Crippen LogP) is 3.37. The summed E-state index contributed by atoms with van der Waals surface area (Å²) in [6.45, 7) is 0. The number of rotatable bonds is 3. The maximum absolute atomic E-state index is 5.37. The highest BCUT2D eigenvalue weighted by Crippen LogP contribution is 2.35. The summed E-state index contributed by atoms with van der Waals surface area (Å²) in [4.78, 5) is 4.37. The zero-order chi connectivity index (χ0) is 12.7.